The predicted molar refractivity (Wildman–Crippen MR) is 68.3 cm³/mol. The van der Waals surface area contributed by atoms with Gasteiger partial charge in [0.25, 0.3) is 0 Å². The SMILES string of the molecule is CC1Cc2cccc(N3CCNCC3)c2N1. The van der Waals surface area contributed by atoms with Crippen LogP contribution in [-0.2, 0) is 6.42 Å². The van der Waals surface area contributed by atoms with Crippen molar-refractivity contribution in [1.82, 2.24) is 5.32 Å². The van der Waals surface area contributed by atoms with Crippen LogP contribution in [0.5, 0.6) is 0 Å². The van der Waals surface area contributed by atoms with Crippen molar-refractivity contribution in [2.45, 2.75) is 19.4 Å². The molecule has 2 heterocycles. The number of anilines is 2. The van der Waals surface area contributed by atoms with Crippen LogP contribution in [0.25, 0.3) is 0 Å². The lowest BCUT2D eigenvalue weighted by molar-refractivity contribution is 0.589. The Kier molecular flexibility index (Phi) is 2.48. The first-order chi connectivity index (χ1) is 7.84. The molecule has 0 spiro atoms. The Bertz CT molecular complexity index is 383. The van der Waals surface area contributed by atoms with Gasteiger partial charge >= 0.3 is 0 Å². The molecule has 2 aliphatic rings. The summed E-state index contributed by atoms with van der Waals surface area (Å²) in [5.41, 5.74) is 4.24. The molecule has 3 heteroatoms. The molecular weight excluding hydrogens is 198 g/mol. The van der Waals surface area contributed by atoms with E-state index < -0.39 is 0 Å². The van der Waals surface area contributed by atoms with Crippen molar-refractivity contribution in [1.29, 1.82) is 0 Å². The maximum absolute atomic E-state index is 3.60. The maximum atomic E-state index is 3.60. The van der Waals surface area contributed by atoms with Crippen molar-refractivity contribution in [3.05, 3.63) is 23.8 Å². The quantitative estimate of drug-likeness (QED) is 0.745. The summed E-state index contributed by atoms with van der Waals surface area (Å²) in [6.45, 7) is 6.68. The molecule has 0 bridgehead atoms. The van der Waals surface area contributed by atoms with E-state index in [1.807, 2.05) is 0 Å². The summed E-state index contributed by atoms with van der Waals surface area (Å²) in [6.07, 6.45) is 1.16. The van der Waals surface area contributed by atoms with Gasteiger partial charge in [-0.3, -0.25) is 0 Å². The molecule has 0 aromatic heterocycles. The van der Waals surface area contributed by atoms with Crippen LogP contribution in [0.2, 0.25) is 0 Å². The average Bonchev–Trinajstić information content (AvgIpc) is 2.70. The van der Waals surface area contributed by atoms with Gasteiger partial charge in [0.15, 0.2) is 0 Å². The van der Waals surface area contributed by atoms with Crippen molar-refractivity contribution in [3.63, 3.8) is 0 Å². The topological polar surface area (TPSA) is 27.3 Å². The van der Waals surface area contributed by atoms with Gasteiger partial charge in [-0.1, -0.05) is 12.1 Å². The molecule has 0 aliphatic carbocycles. The Labute approximate surface area is 96.8 Å². The van der Waals surface area contributed by atoms with Gasteiger partial charge in [0.05, 0.1) is 11.4 Å². The van der Waals surface area contributed by atoms with Gasteiger partial charge in [0.1, 0.15) is 0 Å². The molecule has 1 saturated heterocycles. The Morgan fingerprint density at radius 2 is 2.06 bits per heavy atom. The summed E-state index contributed by atoms with van der Waals surface area (Å²) >= 11 is 0. The largest absolute Gasteiger partial charge is 0.380 e. The van der Waals surface area contributed by atoms with Crippen LogP contribution in [0.15, 0.2) is 18.2 Å². The van der Waals surface area contributed by atoms with Crippen LogP contribution >= 0.6 is 0 Å². The van der Waals surface area contributed by atoms with E-state index in [0.29, 0.717) is 6.04 Å². The molecule has 3 nitrogen and oxygen atoms in total. The smallest absolute Gasteiger partial charge is 0.0613 e. The second kappa shape index (κ2) is 3.98. The number of nitrogens with zero attached hydrogens (tertiary/aromatic N) is 1. The molecule has 0 radical (unpaired) electrons. The van der Waals surface area contributed by atoms with Crippen molar-refractivity contribution in [3.8, 4) is 0 Å². The highest BCUT2D eigenvalue weighted by Gasteiger charge is 2.22. The number of para-hydroxylation sites is 1. The van der Waals surface area contributed by atoms with Gasteiger partial charge in [-0.2, -0.15) is 0 Å². The summed E-state index contributed by atoms with van der Waals surface area (Å²) in [7, 11) is 0. The van der Waals surface area contributed by atoms with Crippen LogP contribution in [-0.4, -0.2) is 32.2 Å². The lowest BCUT2D eigenvalue weighted by Crippen LogP contribution is -2.43. The minimum Gasteiger partial charge on any atom is -0.380 e. The van der Waals surface area contributed by atoms with Gasteiger partial charge in [-0.25, -0.2) is 0 Å². The van der Waals surface area contributed by atoms with Crippen molar-refractivity contribution in [2.24, 2.45) is 0 Å². The third-order valence-electron chi connectivity index (χ3n) is 3.50. The number of rotatable bonds is 1. The Hall–Kier alpha value is -1.22. The number of fused-ring (bicyclic) bond motifs is 1. The highest BCUT2D eigenvalue weighted by Crippen LogP contribution is 2.35. The van der Waals surface area contributed by atoms with Gasteiger partial charge in [-0.15, -0.1) is 0 Å². The summed E-state index contributed by atoms with van der Waals surface area (Å²) in [6, 6.07) is 7.27. The number of piperazine rings is 1. The predicted octanol–water partition coefficient (Wildman–Crippen LogP) is 1.45. The second-order valence-electron chi connectivity index (χ2n) is 4.80. The van der Waals surface area contributed by atoms with E-state index in [2.05, 4.69) is 40.7 Å². The first-order valence-electron chi connectivity index (χ1n) is 6.19. The van der Waals surface area contributed by atoms with E-state index in [9.17, 15) is 0 Å². The molecule has 1 unspecified atom stereocenters. The van der Waals surface area contributed by atoms with Crippen LogP contribution in [0.4, 0.5) is 11.4 Å². The van der Waals surface area contributed by atoms with Gasteiger partial charge < -0.3 is 15.5 Å². The molecule has 86 valence electrons. The Balaban J connectivity index is 1.92. The second-order valence-corrected chi connectivity index (χ2v) is 4.80. The summed E-state index contributed by atoms with van der Waals surface area (Å²) < 4.78 is 0. The number of benzene rings is 1. The molecule has 2 N–H and O–H groups in total. The summed E-state index contributed by atoms with van der Waals surface area (Å²) in [5.74, 6) is 0. The van der Waals surface area contributed by atoms with E-state index in [4.69, 9.17) is 0 Å². The van der Waals surface area contributed by atoms with Crippen molar-refractivity contribution < 1.29 is 0 Å². The lowest BCUT2D eigenvalue weighted by Gasteiger charge is -2.31. The molecule has 16 heavy (non-hydrogen) atoms. The number of hydrogen-bond donors (Lipinski definition) is 2. The van der Waals surface area contributed by atoms with E-state index in [-0.39, 0.29) is 0 Å². The highest BCUT2D eigenvalue weighted by atomic mass is 15.2. The van der Waals surface area contributed by atoms with Crippen LogP contribution in [0, 0.1) is 0 Å². The third-order valence-corrected chi connectivity index (χ3v) is 3.50. The molecule has 2 aliphatic heterocycles. The van der Waals surface area contributed by atoms with Crippen molar-refractivity contribution in [2.75, 3.05) is 36.4 Å². The van der Waals surface area contributed by atoms with E-state index in [1.54, 1.807) is 0 Å². The van der Waals surface area contributed by atoms with Gasteiger partial charge in [0.2, 0.25) is 0 Å². The zero-order chi connectivity index (χ0) is 11.0. The van der Waals surface area contributed by atoms with Crippen LogP contribution in [0.1, 0.15) is 12.5 Å². The van der Waals surface area contributed by atoms with E-state index in [0.717, 1.165) is 32.6 Å². The first kappa shape index (κ1) is 9.97. The first-order valence-corrected chi connectivity index (χ1v) is 6.19. The normalized spacial score (nSPS) is 24.1. The molecule has 1 fully saturated rings. The standard InChI is InChI=1S/C13H19N3/c1-10-9-11-3-2-4-12(13(11)15-10)16-7-5-14-6-8-16/h2-4,10,14-15H,5-9H2,1H3. The Morgan fingerprint density at radius 3 is 2.88 bits per heavy atom. The summed E-state index contributed by atoms with van der Waals surface area (Å²) in [4.78, 5) is 2.49. The van der Waals surface area contributed by atoms with Gasteiger partial charge in [0, 0.05) is 32.2 Å². The van der Waals surface area contributed by atoms with Crippen LogP contribution < -0.4 is 15.5 Å². The molecule has 0 amide bonds. The highest BCUT2D eigenvalue weighted by molar-refractivity contribution is 5.76. The number of nitrogens with one attached hydrogen (secondary N) is 2. The molecular formula is C13H19N3. The average molecular weight is 217 g/mol. The minimum absolute atomic E-state index is 0.582. The third kappa shape index (κ3) is 1.65. The zero-order valence-electron chi connectivity index (χ0n) is 9.79. The monoisotopic (exact) mass is 217 g/mol. The fourth-order valence-corrected chi connectivity index (χ4v) is 2.72. The lowest BCUT2D eigenvalue weighted by atomic mass is 10.1. The molecule has 3 rings (SSSR count). The molecule has 1 aromatic carbocycles. The van der Waals surface area contributed by atoms with Gasteiger partial charge in [-0.05, 0) is 25.0 Å². The Morgan fingerprint density at radius 1 is 1.25 bits per heavy atom. The minimum atomic E-state index is 0.582. The maximum Gasteiger partial charge on any atom is 0.0613 e. The van der Waals surface area contributed by atoms with E-state index in [1.165, 1.54) is 16.9 Å². The number of hydrogen-bond acceptors (Lipinski definition) is 3. The van der Waals surface area contributed by atoms with Crippen molar-refractivity contribution >= 4 is 11.4 Å². The fourth-order valence-electron chi connectivity index (χ4n) is 2.72. The molecule has 0 saturated carbocycles. The van der Waals surface area contributed by atoms with E-state index >= 15 is 0 Å². The molecule has 1 aromatic rings. The molecule has 1 atom stereocenters. The fraction of sp³-hybridized carbons (Fsp3) is 0.538. The summed E-state index contributed by atoms with van der Waals surface area (Å²) in [5, 5.41) is 7.00. The zero-order valence-corrected chi connectivity index (χ0v) is 9.79. The van der Waals surface area contributed by atoms with Crippen LogP contribution in [0.3, 0.4) is 0 Å².